The fourth-order valence-electron chi connectivity index (χ4n) is 1.07. The number of rotatable bonds is 5. The Balaban J connectivity index is 4.39. The molecule has 0 aromatic rings. The van der Waals surface area contributed by atoms with Crippen LogP contribution in [0.5, 0.6) is 0 Å². The maximum Gasteiger partial charge on any atom is 0.303 e. The van der Waals surface area contributed by atoms with Crippen LogP contribution < -0.4 is 0 Å². The van der Waals surface area contributed by atoms with E-state index in [-0.39, 0.29) is 6.61 Å². The van der Waals surface area contributed by atoms with E-state index in [2.05, 4.69) is 23.7 Å². The Labute approximate surface area is 125 Å². The molecule has 4 heteroatoms. The van der Waals surface area contributed by atoms with Gasteiger partial charge in [0.25, 0.3) is 0 Å². The first-order valence-electron chi connectivity index (χ1n) is 6.32. The van der Waals surface area contributed by atoms with Crippen LogP contribution in [0.15, 0.2) is 36.5 Å². The van der Waals surface area contributed by atoms with Crippen LogP contribution >= 0.6 is 0 Å². The second-order valence-electron chi connectivity index (χ2n) is 3.73. The van der Waals surface area contributed by atoms with Gasteiger partial charge in [0.15, 0.2) is 6.10 Å². The molecule has 0 rings (SSSR count). The molecule has 4 nitrogen and oxygen atoms in total. The molecule has 0 spiro atoms. The molecule has 21 heavy (non-hydrogen) atoms. The van der Waals surface area contributed by atoms with E-state index in [1.165, 1.54) is 13.8 Å². The molecule has 0 aliphatic rings. The lowest BCUT2D eigenvalue weighted by Crippen LogP contribution is -2.21. The SMILES string of the molecule is C/C=C/C#CC#C/C=C\C=C\C(COC(C)=O)OC(C)=O. The van der Waals surface area contributed by atoms with E-state index >= 15 is 0 Å². The van der Waals surface area contributed by atoms with Gasteiger partial charge >= 0.3 is 11.9 Å². The van der Waals surface area contributed by atoms with E-state index in [1.807, 2.05) is 13.0 Å². The van der Waals surface area contributed by atoms with Gasteiger partial charge in [0.05, 0.1) is 0 Å². The van der Waals surface area contributed by atoms with Crippen molar-refractivity contribution < 1.29 is 19.1 Å². The van der Waals surface area contributed by atoms with Crippen LogP contribution in [-0.2, 0) is 19.1 Å². The summed E-state index contributed by atoms with van der Waals surface area (Å²) in [5.74, 6) is 9.87. The summed E-state index contributed by atoms with van der Waals surface area (Å²) in [5, 5.41) is 0. The normalized spacial score (nSPS) is 11.6. The first-order valence-corrected chi connectivity index (χ1v) is 6.32. The number of carbonyl (C=O) groups excluding carboxylic acids is 2. The van der Waals surface area contributed by atoms with Crippen LogP contribution in [0.2, 0.25) is 0 Å². The van der Waals surface area contributed by atoms with Crippen LogP contribution in [-0.4, -0.2) is 24.6 Å². The molecule has 0 aliphatic heterocycles. The predicted molar refractivity (Wildman–Crippen MR) is 80.8 cm³/mol. The van der Waals surface area contributed by atoms with E-state index in [1.54, 1.807) is 30.4 Å². The minimum atomic E-state index is -0.613. The van der Waals surface area contributed by atoms with Crippen molar-refractivity contribution in [2.24, 2.45) is 0 Å². The molecule has 0 heterocycles. The Morgan fingerprint density at radius 3 is 2.29 bits per heavy atom. The fourth-order valence-corrected chi connectivity index (χ4v) is 1.07. The molecule has 110 valence electrons. The maximum atomic E-state index is 10.9. The van der Waals surface area contributed by atoms with Crippen molar-refractivity contribution >= 4 is 11.9 Å². The van der Waals surface area contributed by atoms with E-state index in [0.29, 0.717) is 0 Å². The Hall–Kier alpha value is -2.72. The number of hydrogen-bond acceptors (Lipinski definition) is 4. The van der Waals surface area contributed by atoms with E-state index in [9.17, 15) is 9.59 Å². The molecule has 0 amide bonds. The molecule has 0 aromatic heterocycles. The lowest BCUT2D eigenvalue weighted by molar-refractivity contribution is -0.153. The van der Waals surface area contributed by atoms with Crippen molar-refractivity contribution in [3.05, 3.63) is 36.5 Å². The average molecular weight is 286 g/mol. The highest BCUT2D eigenvalue weighted by Gasteiger charge is 2.09. The van der Waals surface area contributed by atoms with Crippen molar-refractivity contribution in [2.75, 3.05) is 6.61 Å². The molecular formula is C17H18O4. The standard InChI is InChI=1S/C17H18O4/c1-4-5-6-7-8-9-10-11-12-13-17(21-16(3)19)14-20-15(2)18/h4-5,10-13,17H,14H2,1-3H3/b5-4+,11-10-,13-12+. The lowest BCUT2D eigenvalue weighted by Gasteiger charge is -2.12. The van der Waals surface area contributed by atoms with Crippen molar-refractivity contribution in [2.45, 2.75) is 26.9 Å². The van der Waals surface area contributed by atoms with Gasteiger partial charge in [0.1, 0.15) is 6.61 Å². The second kappa shape index (κ2) is 12.3. The van der Waals surface area contributed by atoms with Crippen molar-refractivity contribution in [3.63, 3.8) is 0 Å². The van der Waals surface area contributed by atoms with E-state index in [4.69, 9.17) is 9.47 Å². The van der Waals surface area contributed by atoms with E-state index in [0.717, 1.165) is 0 Å². The Bertz CT molecular complexity index is 545. The monoisotopic (exact) mass is 286 g/mol. The van der Waals surface area contributed by atoms with Gasteiger partial charge in [-0.15, -0.1) is 0 Å². The molecule has 0 saturated heterocycles. The van der Waals surface area contributed by atoms with Crippen LogP contribution in [0.25, 0.3) is 0 Å². The smallest absolute Gasteiger partial charge is 0.303 e. The molecule has 1 atom stereocenters. The topological polar surface area (TPSA) is 52.6 Å². The average Bonchev–Trinajstić information content (AvgIpc) is 2.42. The Morgan fingerprint density at radius 1 is 1.05 bits per heavy atom. The molecule has 0 aromatic carbocycles. The molecular weight excluding hydrogens is 268 g/mol. The van der Waals surface area contributed by atoms with Crippen LogP contribution in [0.4, 0.5) is 0 Å². The van der Waals surface area contributed by atoms with Gasteiger partial charge in [-0.2, -0.15) is 0 Å². The van der Waals surface area contributed by atoms with Gasteiger partial charge in [0, 0.05) is 13.8 Å². The summed E-state index contributed by atoms with van der Waals surface area (Å²) in [4.78, 5) is 21.6. The first-order chi connectivity index (χ1) is 10.1. The second-order valence-corrected chi connectivity index (χ2v) is 3.73. The predicted octanol–water partition coefficient (Wildman–Crippen LogP) is 2.18. The minimum Gasteiger partial charge on any atom is -0.462 e. The van der Waals surface area contributed by atoms with Gasteiger partial charge < -0.3 is 9.47 Å². The van der Waals surface area contributed by atoms with E-state index < -0.39 is 18.0 Å². The third-order valence-corrected chi connectivity index (χ3v) is 1.84. The van der Waals surface area contributed by atoms with Crippen molar-refractivity contribution in [1.82, 2.24) is 0 Å². The molecule has 0 aliphatic carbocycles. The largest absolute Gasteiger partial charge is 0.462 e. The minimum absolute atomic E-state index is 0.0141. The summed E-state index contributed by atoms with van der Waals surface area (Å²) < 4.78 is 9.76. The maximum absolute atomic E-state index is 10.9. The summed E-state index contributed by atoms with van der Waals surface area (Å²) >= 11 is 0. The zero-order valence-corrected chi connectivity index (χ0v) is 12.4. The van der Waals surface area contributed by atoms with Crippen LogP contribution in [0, 0.1) is 23.7 Å². The number of ether oxygens (including phenoxy) is 2. The Kier molecular flexibility index (Phi) is 10.7. The van der Waals surface area contributed by atoms with Crippen LogP contribution in [0.1, 0.15) is 20.8 Å². The summed E-state index contributed by atoms with van der Waals surface area (Å²) in [5.41, 5.74) is 0. The number of carbonyl (C=O) groups is 2. The highest BCUT2D eigenvalue weighted by molar-refractivity contribution is 5.67. The molecule has 0 bridgehead atoms. The van der Waals surface area contributed by atoms with Gasteiger partial charge in [0.2, 0.25) is 0 Å². The zero-order chi connectivity index (χ0) is 15.9. The summed E-state index contributed by atoms with van der Waals surface area (Å²) in [6.45, 7) is 4.44. The zero-order valence-electron chi connectivity index (χ0n) is 12.4. The summed E-state index contributed by atoms with van der Waals surface area (Å²) in [7, 11) is 0. The molecule has 0 fully saturated rings. The molecule has 0 saturated carbocycles. The fraction of sp³-hybridized carbons (Fsp3) is 0.294. The number of esters is 2. The first kappa shape index (κ1) is 18.3. The van der Waals surface area contributed by atoms with Crippen molar-refractivity contribution in [1.29, 1.82) is 0 Å². The lowest BCUT2D eigenvalue weighted by atomic mass is 10.3. The highest BCUT2D eigenvalue weighted by atomic mass is 16.6. The summed E-state index contributed by atoms with van der Waals surface area (Å²) in [6.07, 6.45) is 9.46. The number of hydrogen-bond donors (Lipinski definition) is 0. The quantitative estimate of drug-likeness (QED) is 0.441. The third kappa shape index (κ3) is 13.5. The number of allylic oxidation sites excluding steroid dienone is 5. The third-order valence-electron chi connectivity index (χ3n) is 1.84. The molecule has 1 unspecified atom stereocenters. The van der Waals surface area contributed by atoms with Crippen LogP contribution in [0.3, 0.4) is 0 Å². The molecule has 0 radical (unpaired) electrons. The van der Waals surface area contributed by atoms with Gasteiger partial charge in [-0.3, -0.25) is 9.59 Å². The van der Waals surface area contributed by atoms with Gasteiger partial charge in [-0.05, 0) is 37.0 Å². The van der Waals surface area contributed by atoms with Gasteiger partial charge in [-0.25, -0.2) is 0 Å². The van der Waals surface area contributed by atoms with Gasteiger partial charge in [-0.1, -0.05) is 30.1 Å². The Morgan fingerprint density at radius 2 is 1.71 bits per heavy atom. The van der Waals surface area contributed by atoms with Crippen molar-refractivity contribution in [3.8, 4) is 23.7 Å². The summed E-state index contributed by atoms with van der Waals surface area (Å²) in [6, 6.07) is 0. The molecule has 0 N–H and O–H groups in total. The highest BCUT2D eigenvalue weighted by Crippen LogP contribution is 1.98.